The van der Waals surface area contributed by atoms with E-state index in [-0.39, 0.29) is 5.02 Å². The van der Waals surface area contributed by atoms with Crippen LogP contribution < -0.4 is 0 Å². The molecule has 4 amide bonds. The maximum absolute atomic E-state index is 14.9. The van der Waals surface area contributed by atoms with Gasteiger partial charge in [0.2, 0.25) is 11.8 Å². The third-order valence-electron chi connectivity index (χ3n) is 4.88. The summed E-state index contributed by atoms with van der Waals surface area (Å²) in [7, 11) is 0. The third-order valence-corrected chi connectivity index (χ3v) is 5.09. The number of alkyl halides is 7. The maximum atomic E-state index is 14.9. The molecule has 1 saturated heterocycles. The van der Waals surface area contributed by atoms with Gasteiger partial charge in [0.1, 0.15) is 12.2 Å². The van der Waals surface area contributed by atoms with Gasteiger partial charge < -0.3 is 0 Å². The van der Waals surface area contributed by atoms with Gasteiger partial charge >= 0.3 is 24.3 Å². The summed E-state index contributed by atoms with van der Waals surface area (Å²) < 4.78 is 111. The number of barbiturate groups is 1. The van der Waals surface area contributed by atoms with Gasteiger partial charge in [-0.3, -0.25) is 9.59 Å². The van der Waals surface area contributed by atoms with Crippen LogP contribution in [0.25, 0.3) is 0 Å². The van der Waals surface area contributed by atoms with Crippen LogP contribution in [-0.2, 0) is 28.6 Å². The number of nitrogens with zero attached hydrogens (tertiary/aromatic N) is 2. The van der Waals surface area contributed by atoms with Crippen molar-refractivity contribution in [2.45, 2.75) is 37.5 Å². The van der Waals surface area contributed by atoms with Gasteiger partial charge in [-0.05, 0) is 41.5 Å². The highest BCUT2D eigenvalue weighted by molar-refractivity contribution is 6.30. The molecule has 0 aliphatic carbocycles. The molecule has 0 spiro atoms. The van der Waals surface area contributed by atoms with E-state index in [0.717, 1.165) is 12.1 Å². The number of carbonyl (C=O) groups excluding carboxylic acids is 3. The van der Waals surface area contributed by atoms with E-state index in [1.807, 2.05) is 0 Å². The average molecular weight is 529 g/mol. The second-order valence-corrected chi connectivity index (χ2v) is 8.01. The molecule has 2 aromatic carbocycles. The molecule has 0 radical (unpaired) electrons. The number of halogens is 9. The lowest BCUT2D eigenvalue weighted by Gasteiger charge is -2.39. The normalized spacial score (nSPS) is 15.7. The van der Waals surface area contributed by atoms with Crippen molar-refractivity contribution in [3.63, 3.8) is 0 Å². The van der Waals surface area contributed by atoms with Crippen LogP contribution in [0.15, 0.2) is 42.5 Å². The van der Waals surface area contributed by atoms with E-state index in [1.54, 1.807) is 0 Å². The fraction of sp³-hybridized carbons (Fsp3) is 0.286. The smallest absolute Gasteiger partial charge is 0.274 e. The van der Waals surface area contributed by atoms with Crippen molar-refractivity contribution in [1.82, 2.24) is 9.80 Å². The molecule has 0 N–H and O–H groups in total. The second-order valence-electron chi connectivity index (χ2n) is 7.58. The summed E-state index contributed by atoms with van der Waals surface area (Å²) in [4.78, 5) is 35.0. The number of hydrogen-bond donors (Lipinski definition) is 0. The quantitative estimate of drug-likeness (QED) is 0.277. The van der Waals surface area contributed by atoms with Gasteiger partial charge in [-0.2, -0.15) is 30.7 Å². The topological polar surface area (TPSA) is 57.7 Å². The number of hydrogen-bond acceptors (Lipinski definition) is 3. The first kappa shape index (κ1) is 26.4. The van der Waals surface area contributed by atoms with Gasteiger partial charge in [-0.1, -0.05) is 23.7 Å². The lowest BCUT2D eigenvalue weighted by Crippen LogP contribution is -2.65. The number of imide groups is 2. The summed E-state index contributed by atoms with van der Waals surface area (Å²) in [5.41, 5.74) is -2.07. The van der Waals surface area contributed by atoms with Crippen molar-refractivity contribution in [3.8, 4) is 0 Å². The van der Waals surface area contributed by atoms with Gasteiger partial charge in [-0.25, -0.2) is 19.0 Å². The minimum atomic E-state index is -4.75. The van der Waals surface area contributed by atoms with Crippen LogP contribution in [-0.4, -0.2) is 39.7 Å². The van der Waals surface area contributed by atoms with E-state index in [4.69, 9.17) is 11.6 Å². The zero-order valence-electron chi connectivity index (χ0n) is 17.2. The monoisotopic (exact) mass is 528 g/mol. The van der Waals surface area contributed by atoms with Crippen molar-refractivity contribution in [2.75, 3.05) is 0 Å². The number of amides is 4. The Balaban J connectivity index is 1.87. The molecule has 5 nitrogen and oxygen atoms in total. The summed E-state index contributed by atoms with van der Waals surface area (Å²) >= 11 is 5.59. The SMILES string of the molecule is O=C1CC(=O)N(C(F)(F)Cc2cc(F)cc(Cl)c2)C(=O)N1C(F)(F)Cc1ccc(C(F)(F)F)cc1. The van der Waals surface area contributed by atoms with Crippen molar-refractivity contribution >= 4 is 29.4 Å². The van der Waals surface area contributed by atoms with Gasteiger partial charge in [0.05, 0.1) is 18.4 Å². The second kappa shape index (κ2) is 9.10. The molecule has 1 fully saturated rings. The first-order valence-corrected chi connectivity index (χ1v) is 9.96. The molecular weight excluding hydrogens is 516 g/mol. The largest absolute Gasteiger partial charge is 0.416 e. The highest BCUT2D eigenvalue weighted by Crippen LogP contribution is 2.36. The number of benzene rings is 2. The lowest BCUT2D eigenvalue weighted by atomic mass is 10.1. The minimum absolute atomic E-state index is 0.285. The summed E-state index contributed by atoms with van der Waals surface area (Å²) in [5.74, 6) is -4.56. The molecule has 0 saturated carbocycles. The fourth-order valence-corrected chi connectivity index (χ4v) is 3.66. The Bertz CT molecular complexity index is 1150. The molecule has 1 aliphatic heterocycles. The maximum Gasteiger partial charge on any atom is 0.416 e. The lowest BCUT2D eigenvalue weighted by molar-refractivity contribution is -0.189. The van der Waals surface area contributed by atoms with Crippen LogP contribution >= 0.6 is 11.6 Å². The summed E-state index contributed by atoms with van der Waals surface area (Å²) in [6.07, 6.45) is -9.25. The Morgan fingerprint density at radius 1 is 0.743 bits per heavy atom. The first-order valence-electron chi connectivity index (χ1n) is 9.58. The van der Waals surface area contributed by atoms with Crippen LogP contribution in [0.5, 0.6) is 0 Å². The summed E-state index contributed by atoms with van der Waals surface area (Å²) in [6.45, 7) is 0. The first-order chi connectivity index (χ1) is 16.0. The van der Waals surface area contributed by atoms with Crippen LogP contribution in [0, 0.1) is 5.82 Å². The van der Waals surface area contributed by atoms with Crippen molar-refractivity contribution < 1.29 is 49.5 Å². The molecule has 14 heteroatoms. The van der Waals surface area contributed by atoms with E-state index < -0.39 is 87.7 Å². The molecular formula is C21H13ClF8N2O3. The minimum Gasteiger partial charge on any atom is -0.274 e. The molecule has 3 rings (SSSR count). The van der Waals surface area contributed by atoms with Gasteiger partial charge in [-0.15, -0.1) is 0 Å². The number of urea groups is 1. The predicted molar refractivity (Wildman–Crippen MR) is 104 cm³/mol. The van der Waals surface area contributed by atoms with E-state index in [2.05, 4.69) is 0 Å². The van der Waals surface area contributed by atoms with Gasteiger partial charge in [0.25, 0.3) is 0 Å². The Morgan fingerprint density at radius 3 is 1.69 bits per heavy atom. The van der Waals surface area contributed by atoms with Crippen LogP contribution in [0.1, 0.15) is 23.1 Å². The number of rotatable bonds is 6. The van der Waals surface area contributed by atoms with E-state index in [1.165, 1.54) is 0 Å². The molecule has 0 unspecified atom stereocenters. The van der Waals surface area contributed by atoms with Crippen LogP contribution in [0.2, 0.25) is 5.02 Å². The van der Waals surface area contributed by atoms with Gasteiger partial charge in [0.15, 0.2) is 0 Å². The van der Waals surface area contributed by atoms with Crippen molar-refractivity contribution in [2.24, 2.45) is 0 Å². The highest BCUT2D eigenvalue weighted by Gasteiger charge is 2.57. The zero-order chi connectivity index (χ0) is 26.3. The van der Waals surface area contributed by atoms with Gasteiger partial charge in [0, 0.05) is 5.02 Å². The Morgan fingerprint density at radius 2 is 1.23 bits per heavy atom. The number of carbonyl (C=O) groups is 3. The Hall–Kier alpha value is -3.22. The van der Waals surface area contributed by atoms with E-state index >= 15 is 0 Å². The molecule has 2 aromatic rings. The molecule has 1 heterocycles. The van der Waals surface area contributed by atoms with Crippen LogP contribution in [0.3, 0.4) is 0 Å². The molecule has 188 valence electrons. The van der Waals surface area contributed by atoms with E-state index in [0.29, 0.717) is 30.3 Å². The molecule has 1 aliphatic rings. The zero-order valence-corrected chi connectivity index (χ0v) is 17.9. The van der Waals surface area contributed by atoms with Crippen molar-refractivity contribution in [3.05, 3.63) is 70.0 Å². The Kier molecular flexibility index (Phi) is 6.86. The average Bonchev–Trinajstić information content (AvgIpc) is 2.64. The van der Waals surface area contributed by atoms with Crippen LogP contribution in [0.4, 0.5) is 39.9 Å². The van der Waals surface area contributed by atoms with E-state index in [9.17, 15) is 49.5 Å². The third kappa shape index (κ3) is 5.72. The summed E-state index contributed by atoms with van der Waals surface area (Å²) in [5, 5.41) is -0.285. The Labute approximate surface area is 196 Å². The highest BCUT2D eigenvalue weighted by atomic mass is 35.5. The molecule has 35 heavy (non-hydrogen) atoms. The standard InChI is InChI=1S/C21H13ClF8N2O3/c22-14-5-12(6-15(23)7-14)10-20(26,27)32-17(34)8-16(33)31(18(32)35)19(24,25)9-11-1-3-13(4-2-11)21(28,29)30/h1-7H,8-10H2. The van der Waals surface area contributed by atoms with Crippen molar-refractivity contribution in [1.29, 1.82) is 0 Å². The molecule has 0 atom stereocenters. The fourth-order valence-electron chi connectivity index (χ4n) is 3.42. The predicted octanol–water partition coefficient (Wildman–Crippen LogP) is 5.65. The summed E-state index contributed by atoms with van der Waals surface area (Å²) in [6, 6.07) is -6.65. The molecule has 0 aromatic heterocycles. The molecule has 0 bridgehead atoms.